The zero-order valence-electron chi connectivity index (χ0n) is 11.9. The predicted molar refractivity (Wildman–Crippen MR) is 79.7 cm³/mol. The molecule has 2 nitrogen and oxygen atoms in total. The van der Waals surface area contributed by atoms with Crippen molar-refractivity contribution < 1.29 is 4.79 Å². The second-order valence-corrected chi connectivity index (χ2v) is 7.34. The number of Topliss-reactive ketones (excluding diaryl/α,β-unsaturated/α-hetero) is 1. The van der Waals surface area contributed by atoms with E-state index < -0.39 is 0 Å². The lowest BCUT2D eigenvalue weighted by Crippen LogP contribution is -2.42. The molecule has 2 unspecified atom stereocenters. The van der Waals surface area contributed by atoms with Crippen LogP contribution >= 0.6 is 11.3 Å². The quantitative estimate of drug-likeness (QED) is 0.841. The minimum atomic E-state index is 0.320. The van der Waals surface area contributed by atoms with Crippen molar-refractivity contribution in [3.05, 3.63) is 21.9 Å². The van der Waals surface area contributed by atoms with Gasteiger partial charge in [-0.2, -0.15) is 0 Å². The molecular formula is C16H23NOS. The lowest BCUT2D eigenvalue weighted by Gasteiger charge is -2.35. The normalized spacial score (nSPS) is 30.7. The van der Waals surface area contributed by atoms with E-state index in [1.807, 2.05) is 11.3 Å². The molecule has 19 heavy (non-hydrogen) atoms. The van der Waals surface area contributed by atoms with Crippen LogP contribution in [0.15, 0.2) is 12.1 Å². The third-order valence-electron chi connectivity index (χ3n) is 4.97. The Kier molecular flexibility index (Phi) is 3.77. The second-order valence-electron chi connectivity index (χ2n) is 6.08. The lowest BCUT2D eigenvalue weighted by atomic mass is 9.86. The maximum atomic E-state index is 12.5. The number of thiophene rings is 1. The number of carbonyl (C=O) groups is 1. The Hall–Kier alpha value is -0.670. The fourth-order valence-electron chi connectivity index (χ4n) is 3.70. The van der Waals surface area contributed by atoms with Gasteiger partial charge in [0.2, 0.25) is 0 Å². The van der Waals surface area contributed by atoms with Crippen molar-refractivity contribution >= 4 is 17.1 Å². The number of nitrogens with zero attached hydrogens (tertiary/aromatic N) is 1. The van der Waals surface area contributed by atoms with Gasteiger partial charge in [0.15, 0.2) is 0 Å². The molecular weight excluding hydrogens is 254 g/mol. The first kappa shape index (κ1) is 13.3. The van der Waals surface area contributed by atoms with Gasteiger partial charge >= 0.3 is 0 Å². The van der Waals surface area contributed by atoms with Crippen molar-refractivity contribution in [2.24, 2.45) is 5.92 Å². The van der Waals surface area contributed by atoms with E-state index in [0.29, 0.717) is 30.2 Å². The Morgan fingerprint density at radius 2 is 1.89 bits per heavy atom. The Morgan fingerprint density at radius 1 is 1.26 bits per heavy atom. The molecule has 2 bridgehead atoms. The molecule has 2 fully saturated rings. The fraction of sp³-hybridized carbons (Fsp3) is 0.688. The first-order chi connectivity index (χ1) is 9.17. The number of hydrogen-bond acceptors (Lipinski definition) is 3. The van der Waals surface area contributed by atoms with Gasteiger partial charge in [-0.3, -0.25) is 4.79 Å². The molecule has 0 saturated carbocycles. The van der Waals surface area contributed by atoms with E-state index in [2.05, 4.69) is 31.0 Å². The Bertz CT molecular complexity index is 453. The largest absolute Gasteiger partial charge is 0.300 e. The van der Waals surface area contributed by atoms with Gasteiger partial charge in [-0.1, -0.05) is 6.92 Å². The van der Waals surface area contributed by atoms with E-state index >= 15 is 0 Å². The van der Waals surface area contributed by atoms with Crippen LogP contribution in [-0.2, 0) is 17.6 Å². The molecule has 0 N–H and O–H groups in total. The molecule has 2 aliphatic rings. The van der Waals surface area contributed by atoms with E-state index in [-0.39, 0.29) is 0 Å². The van der Waals surface area contributed by atoms with E-state index in [1.165, 1.54) is 22.6 Å². The molecule has 0 aliphatic carbocycles. The zero-order valence-corrected chi connectivity index (χ0v) is 12.7. The first-order valence-corrected chi connectivity index (χ1v) is 8.31. The molecule has 0 aromatic carbocycles. The number of carbonyl (C=O) groups excluding carboxylic acids is 1. The Labute approximate surface area is 119 Å². The number of hydrogen-bond donors (Lipinski definition) is 0. The number of fused-ring (bicyclic) bond motifs is 2. The summed E-state index contributed by atoms with van der Waals surface area (Å²) in [5.41, 5.74) is 0. The summed E-state index contributed by atoms with van der Waals surface area (Å²) < 4.78 is 0. The number of piperidine rings is 1. The van der Waals surface area contributed by atoms with Gasteiger partial charge in [-0.15, -0.1) is 11.3 Å². The highest BCUT2D eigenvalue weighted by Crippen LogP contribution is 2.38. The van der Waals surface area contributed by atoms with Gasteiger partial charge in [-0.05, 0) is 51.3 Å². The lowest BCUT2D eigenvalue weighted by molar-refractivity contribution is -0.124. The standard InChI is InChI=1S/C16H23NOS/c1-3-14-6-7-15(19-14)10-16(18)11-8-12-4-5-13(9-11)17(12)2/h6-7,11-13H,3-5,8-10H2,1-2H3. The molecule has 1 aromatic rings. The molecule has 0 spiro atoms. The smallest absolute Gasteiger partial charge is 0.141 e. The number of rotatable bonds is 4. The van der Waals surface area contributed by atoms with Crippen LogP contribution in [0.25, 0.3) is 0 Å². The van der Waals surface area contributed by atoms with Crippen molar-refractivity contribution in [2.75, 3.05) is 7.05 Å². The minimum Gasteiger partial charge on any atom is -0.300 e. The maximum absolute atomic E-state index is 12.5. The van der Waals surface area contributed by atoms with Gasteiger partial charge < -0.3 is 4.90 Å². The molecule has 3 heteroatoms. The summed E-state index contributed by atoms with van der Waals surface area (Å²) in [7, 11) is 2.23. The monoisotopic (exact) mass is 277 g/mol. The van der Waals surface area contributed by atoms with Crippen LogP contribution in [0, 0.1) is 5.92 Å². The van der Waals surface area contributed by atoms with Gasteiger partial charge in [0.05, 0.1) is 0 Å². The maximum Gasteiger partial charge on any atom is 0.141 e. The summed E-state index contributed by atoms with van der Waals surface area (Å²) in [4.78, 5) is 17.6. The van der Waals surface area contributed by atoms with E-state index in [4.69, 9.17) is 0 Å². The van der Waals surface area contributed by atoms with Crippen LogP contribution in [0.4, 0.5) is 0 Å². The van der Waals surface area contributed by atoms with Crippen LogP contribution in [0.1, 0.15) is 42.4 Å². The molecule has 1 aromatic heterocycles. The molecule has 3 rings (SSSR count). The summed E-state index contributed by atoms with van der Waals surface area (Å²) in [5.74, 6) is 0.801. The zero-order chi connectivity index (χ0) is 13.4. The Morgan fingerprint density at radius 3 is 2.47 bits per heavy atom. The highest BCUT2D eigenvalue weighted by molar-refractivity contribution is 7.12. The summed E-state index contributed by atoms with van der Waals surface area (Å²) in [5, 5.41) is 0. The molecule has 2 atom stereocenters. The average molecular weight is 277 g/mol. The van der Waals surface area contributed by atoms with Crippen molar-refractivity contribution in [1.82, 2.24) is 4.90 Å². The van der Waals surface area contributed by atoms with Crippen LogP contribution in [0.2, 0.25) is 0 Å². The van der Waals surface area contributed by atoms with Crippen molar-refractivity contribution in [1.29, 1.82) is 0 Å². The van der Waals surface area contributed by atoms with Crippen molar-refractivity contribution in [3.8, 4) is 0 Å². The predicted octanol–water partition coefficient (Wildman–Crippen LogP) is 3.29. The molecule has 2 saturated heterocycles. The number of ketones is 1. The SMILES string of the molecule is CCc1ccc(CC(=O)C2CC3CCC(C2)N3C)s1. The van der Waals surface area contributed by atoms with Crippen molar-refractivity contribution in [2.45, 2.75) is 57.5 Å². The topological polar surface area (TPSA) is 20.3 Å². The van der Waals surface area contributed by atoms with Crippen LogP contribution in [0.5, 0.6) is 0 Å². The van der Waals surface area contributed by atoms with Crippen LogP contribution < -0.4 is 0 Å². The molecule has 0 radical (unpaired) electrons. The second kappa shape index (κ2) is 5.37. The van der Waals surface area contributed by atoms with Gasteiger partial charge in [0.25, 0.3) is 0 Å². The summed E-state index contributed by atoms with van der Waals surface area (Å²) in [6.07, 6.45) is 6.53. The van der Waals surface area contributed by atoms with Crippen LogP contribution in [-0.4, -0.2) is 29.8 Å². The summed E-state index contributed by atoms with van der Waals surface area (Å²) >= 11 is 1.81. The highest BCUT2D eigenvalue weighted by Gasteiger charge is 2.40. The summed E-state index contributed by atoms with van der Waals surface area (Å²) in [6.45, 7) is 2.17. The highest BCUT2D eigenvalue weighted by atomic mass is 32.1. The van der Waals surface area contributed by atoms with E-state index in [1.54, 1.807) is 0 Å². The third kappa shape index (κ3) is 2.63. The molecule has 3 heterocycles. The third-order valence-corrected chi connectivity index (χ3v) is 6.20. The molecule has 0 amide bonds. The average Bonchev–Trinajstić information content (AvgIpc) is 2.91. The fourth-order valence-corrected chi connectivity index (χ4v) is 4.67. The number of aryl methyl sites for hydroxylation is 1. The minimum absolute atomic E-state index is 0.320. The van der Waals surface area contributed by atoms with E-state index in [0.717, 1.165) is 19.3 Å². The van der Waals surface area contributed by atoms with Gasteiger partial charge in [0, 0.05) is 34.2 Å². The Balaban J connectivity index is 1.62. The van der Waals surface area contributed by atoms with E-state index in [9.17, 15) is 4.79 Å². The first-order valence-electron chi connectivity index (χ1n) is 7.49. The van der Waals surface area contributed by atoms with Crippen molar-refractivity contribution in [3.63, 3.8) is 0 Å². The van der Waals surface area contributed by atoms with Crippen LogP contribution in [0.3, 0.4) is 0 Å². The molecule has 2 aliphatic heterocycles. The van der Waals surface area contributed by atoms with Gasteiger partial charge in [-0.25, -0.2) is 0 Å². The molecule has 104 valence electrons. The summed E-state index contributed by atoms with van der Waals surface area (Å²) in [6, 6.07) is 5.65. The van der Waals surface area contributed by atoms with Gasteiger partial charge in [0.1, 0.15) is 5.78 Å².